The second kappa shape index (κ2) is 4.32. The molecule has 0 aliphatic rings. The lowest BCUT2D eigenvalue weighted by atomic mass is 9.81. The molecule has 0 bridgehead atoms. The van der Waals surface area contributed by atoms with Crippen molar-refractivity contribution in [3.63, 3.8) is 0 Å². The van der Waals surface area contributed by atoms with Crippen LogP contribution >= 0.6 is 0 Å². The highest BCUT2D eigenvalue weighted by Crippen LogP contribution is 2.32. The van der Waals surface area contributed by atoms with Gasteiger partial charge in [0.1, 0.15) is 0 Å². The molecule has 0 aromatic carbocycles. The van der Waals surface area contributed by atoms with Crippen molar-refractivity contribution in [2.45, 2.75) is 78.6 Å². The van der Waals surface area contributed by atoms with Crippen LogP contribution in [0.5, 0.6) is 0 Å². The Bertz CT molecular complexity index is 426. The molecule has 0 unspecified atom stereocenters. The maximum atomic E-state index is 4.92. The van der Waals surface area contributed by atoms with E-state index in [0.717, 1.165) is 17.1 Å². The molecule has 0 amide bonds. The third-order valence-corrected chi connectivity index (χ3v) is 2.96. The van der Waals surface area contributed by atoms with E-state index in [4.69, 9.17) is 9.97 Å². The van der Waals surface area contributed by atoms with Crippen LogP contribution in [0.15, 0.2) is 6.20 Å². The number of hydrogen-bond acceptors (Lipinski definition) is 2. The van der Waals surface area contributed by atoms with Gasteiger partial charge in [-0.2, -0.15) is 0 Å². The third-order valence-electron chi connectivity index (χ3n) is 2.96. The summed E-state index contributed by atoms with van der Waals surface area (Å²) in [6.07, 6.45) is 1.94. The van der Waals surface area contributed by atoms with Gasteiger partial charge in [0.2, 0.25) is 0 Å². The second-order valence-electron chi connectivity index (χ2n) is 8.20. The molecule has 0 aliphatic heterocycles. The van der Waals surface area contributed by atoms with E-state index < -0.39 is 0 Å². The maximum Gasteiger partial charge on any atom is 0.0681 e. The first-order chi connectivity index (χ1) is 7.83. The standard InChI is InChI=1S/C16H28N2/c1-14(2,3)11-10-17-12(15(4,5)6)13(18-11)16(7,8)9/h10H,1-9H3. The first-order valence-electron chi connectivity index (χ1n) is 6.72. The Morgan fingerprint density at radius 1 is 0.667 bits per heavy atom. The average Bonchev–Trinajstić information content (AvgIpc) is 2.12. The number of aromatic nitrogens is 2. The van der Waals surface area contributed by atoms with Gasteiger partial charge in [-0.05, 0) is 0 Å². The van der Waals surface area contributed by atoms with Gasteiger partial charge in [-0.3, -0.25) is 9.97 Å². The first-order valence-corrected chi connectivity index (χ1v) is 6.72. The van der Waals surface area contributed by atoms with Crippen molar-refractivity contribution in [3.8, 4) is 0 Å². The van der Waals surface area contributed by atoms with Gasteiger partial charge >= 0.3 is 0 Å². The minimum Gasteiger partial charge on any atom is -0.257 e. The van der Waals surface area contributed by atoms with E-state index in [1.807, 2.05) is 6.20 Å². The fraction of sp³-hybridized carbons (Fsp3) is 0.750. The molecular formula is C16H28N2. The normalized spacial score (nSPS) is 13.8. The Morgan fingerprint density at radius 2 is 1.11 bits per heavy atom. The molecule has 0 atom stereocenters. The molecule has 0 radical (unpaired) electrons. The minimum absolute atomic E-state index is 0.0247. The van der Waals surface area contributed by atoms with E-state index in [2.05, 4.69) is 62.3 Å². The Hall–Kier alpha value is -0.920. The van der Waals surface area contributed by atoms with Gasteiger partial charge in [0, 0.05) is 22.4 Å². The van der Waals surface area contributed by atoms with E-state index in [1.165, 1.54) is 0 Å². The molecule has 18 heavy (non-hydrogen) atoms. The highest BCUT2D eigenvalue weighted by Gasteiger charge is 2.29. The van der Waals surface area contributed by atoms with Crippen LogP contribution in [0, 0.1) is 0 Å². The summed E-state index contributed by atoms with van der Waals surface area (Å²) in [5.74, 6) is 0. The Morgan fingerprint density at radius 3 is 1.44 bits per heavy atom. The lowest BCUT2D eigenvalue weighted by molar-refractivity contribution is 0.479. The van der Waals surface area contributed by atoms with Crippen LogP contribution in [0.1, 0.15) is 79.4 Å². The van der Waals surface area contributed by atoms with Gasteiger partial charge in [-0.1, -0.05) is 62.3 Å². The quantitative estimate of drug-likeness (QED) is 0.681. The van der Waals surface area contributed by atoms with Crippen LogP contribution in [0.2, 0.25) is 0 Å². The van der Waals surface area contributed by atoms with Crippen molar-refractivity contribution in [2.75, 3.05) is 0 Å². The number of hydrogen-bond donors (Lipinski definition) is 0. The van der Waals surface area contributed by atoms with E-state index >= 15 is 0 Å². The topological polar surface area (TPSA) is 25.8 Å². The molecule has 0 saturated heterocycles. The summed E-state index contributed by atoms with van der Waals surface area (Å²) in [7, 11) is 0. The number of nitrogens with zero attached hydrogens (tertiary/aromatic N) is 2. The molecule has 2 heteroatoms. The van der Waals surface area contributed by atoms with Gasteiger partial charge < -0.3 is 0 Å². The summed E-state index contributed by atoms with van der Waals surface area (Å²) >= 11 is 0. The van der Waals surface area contributed by atoms with Crippen molar-refractivity contribution in [3.05, 3.63) is 23.3 Å². The summed E-state index contributed by atoms with van der Waals surface area (Å²) in [4.78, 5) is 9.64. The molecule has 0 aliphatic carbocycles. The Balaban J connectivity index is 3.50. The lowest BCUT2D eigenvalue weighted by Gasteiger charge is -2.30. The predicted octanol–water partition coefficient (Wildman–Crippen LogP) is 4.37. The monoisotopic (exact) mass is 248 g/mol. The molecular weight excluding hydrogens is 220 g/mol. The average molecular weight is 248 g/mol. The zero-order chi connectivity index (χ0) is 14.4. The highest BCUT2D eigenvalue weighted by atomic mass is 14.9. The molecule has 0 fully saturated rings. The van der Waals surface area contributed by atoms with Gasteiger partial charge in [-0.15, -0.1) is 0 Å². The summed E-state index contributed by atoms with van der Waals surface area (Å²) in [5.41, 5.74) is 3.41. The first kappa shape index (κ1) is 15.1. The zero-order valence-corrected chi connectivity index (χ0v) is 13.5. The van der Waals surface area contributed by atoms with Crippen LogP contribution < -0.4 is 0 Å². The smallest absolute Gasteiger partial charge is 0.0681 e. The van der Waals surface area contributed by atoms with E-state index in [1.54, 1.807) is 0 Å². The SMILES string of the molecule is CC(C)(C)c1cnc(C(C)(C)C)c(C(C)(C)C)n1. The van der Waals surface area contributed by atoms with Crippen LogP contribution in [-0.4, -0.2) is 9.97 Å². The molecule has 1 aromatic heterocycles. The third kappa shape index (κ3) is 3.30. The molecule has 1 heterocycles. The highest BCUT2D eigenvalue weighted by molar-refractivity contribution is 5.28. The summed E-state index contributed by atoms with van der Waals surface area (Å²) in [6.45, 7) is 19.8. The lowest BCUT2D eigenvalue weighted by Crippen LogP contribution is -2.28. The molecule has 0 N–H and O–H groups in total. The zero-order valence-electron chi connectivity index (χ0n) is 13.5. The summed E-state index contributed by atoms with van der Waals surface area (Å²) < 4.78 is 0. The predicted molar refractivity (Wildman–Crippen MR) is 78.1 cm³/mol. The van der Waals surface area contributed by atoms with Gasteiger partial charge in [0.05, 0.1) is 17.1 Å². The maximum absolute atomic E-state index is 4.92. The fourth-order valence-corrected chi connectivity index (χ4v) is 1.82. The van der Waals surface area contributed by atoms with Gasteiger partial charge in [0.15, 0.2) is 0 Å². The van der Waals surface area contributed by atoms with Crippen molar-refractivity contribution >= 4 is 0 Å². The molecule has 1 aromatic rings. The van der Waals surface area contributed by atoms with Gasteiger partial charge in [-0.25, -0.2) is 0 Å². The molecule has 102 valence electrons. The Kier molecular flexibility index (Phi) is 3.64. The molecule has 0 spiro atoms. The van der Waals surface area contributed by atoms with E-state index in [0.29, 0.717) is 0 Å². The summed E-state index contributed by atoms with van der Waals surface area (Å²) in [6, 6.07) is 0. The van der Waals surface area contributed by atoms with Crippen molar-refractivity contribution in [1.29, 1.82) is 0 Å². The minimum atomic E-state index is 0.0247. The van der Waals surface area contributed by atoms with Gasteiger partial charge in [0.25, 0.3) is 0 Å². The fourth-order valence-electron chi connectivity index (χ4n) is 1.82. The number of rotatable bonds is 0. The molecule has 0 saturated carbocycles. The Labute approximate surface area is 112 Å². The second-order valence-corrected chi connectivity index (χ2v) is 8.20. The van der Waals surface area contributed by atoms with Crippen LogP contribution in [0.3, 0.4) is 0 Å². The van der Waals surface area contributed by atoms with Crippen molar-refractivity contribution < 1.29 is 0 Å². The van der Waals surface area contributed by atoms with Crippen LogP contribution in [0.4, 0.5) is 0 Å². The molecule has 2 nitrogen and oxygen atoms in total. The van der Waals surface area contributed by atoms with Crippen LogP contribution in [-0.2, 0) is 16.2 Å². The van der Waals surface area contributed by atoms with E-state index in [-0.39, 0.29) is 16.2 Å². The van der Waals surface area contributed by atoms with Crippen molar-refractivity contribution in [2.24, 2.45) is 0 Å². The van der Waals surface area contributed by atoms with Crippen molar-refractivity contribution in [1.82, 2.24) is 9.97 Å². The van der Waals surface area contributed by atoms with Crippen LogP contribution in [0.25, 0.3) is 0 Å². The summed E-state index contributed by atoms with van der Waals surface area (Å²) in [5, 5.41) is 0. The largest absolute Gasteiger partial charge is 0.257 e. The molecule has 1 rings (SSSR count). The van der Waals surface area contributed by atoms with E-state index in [9.17, 15) is 0 Å².